The minimum Gasteiger partial charge on any atom is -0.390 e. The van der Waals surface area contributed by atoms with Crippen molar-refractivity contribution in [3.05, 3.63) is 35.1 Å². The maximum atomic E-state index is 14.3. The summed E-state index contributed by atoms with van der Waals surface area (Å²) in [5.41, 5.74) is 1.39. The largest absolute Gasteiger partial charge is 0.390 e. The van der Waals surface area contributed by atoms with Gasteiger partial charge in [0, 0.05) is 0 Å². The van der Waals surface area contributed by atoms with Crippen LogP contribution in [0.5, 0.6) is 0 Å². The zero-order valence-electron chi connectivity index (χ0n) is 11.9. The molecule has 3 heteroatoms. The maximum absolute atomic E-state index is 14.3. The molecule has 3 rings (SSSR count). The fourth-order valence-corrected chi connectivity index (χ4v) is 4.23. The van der Waals surface area contributed by atoms with E-state index in [9.17, 15) is 13.9 Å². The third-order valence-corrected chi connectivity index (χ3v) is 5.39. The molecule has 20 heavy (non-hydrogen) atoms. The topological polar surface area (TPSA) is 20.2 Å². The molecule has 0 amide bonds. The van der Waals surface area contributed by atoms with Crippen LogP contribution in [-0.2, 0) is 0 Å². The van der Waals surface area contributed by atoms with E-state index in [-0.39, 0.29) is 17.2 Å². The number of aliphatic hydroxyl groups is 1. The summed E-state index contributed by atoms with van der Waals surface area (Å²) in [5, 5.41) is 10.3. The molecule has 0 bridgehead atoms. The molecule has 2 fully saturated rings. The quantitative estimate of drug-likeness (QED) is 0.814. The number of halogens is 2. The summed E-state index contributed by atoms with van der Waals surface area (Å²) in [6.45, 7) is 1.74. The van der Waals surface area contributed by atoms with Crippen molar-refractivity contribution in [2.24, 2.45) is 5.41 Å². The van der Waals surface area contributed by atoms with E-state index in [0.717, 1.165) is 37.7 Å². The van der Waals surface area contributed by atoms with E-state index in [1.807, 2.05) is 6.07 Å². The highest BCUT2D eigenvalue weighted by molar-refractivity contribution is 5.28. The molecule has 0 unspecified atom stereocenters. The molecular weight excluding hydrogens is 258 g/mol. The molecule has 110 valence electrons. The third-order valence-electron chi connectivity index (χ3n) is 5.39. The first-order valence-electron chi connectivity index (χ1n) is 7.60. The van der Waals surface area contributed by atoms with E-state index >= 15 is 0 Å². The minimum absolute atomic E-state index is 0.103. The molecule has 2 saturated carbocycles. The number of benzene rings is 1. The summed E-state index contributed by atoms with van der Waals surface area (Å²) in [7, 11) is 0. The van der Waals surface area contributed by atoms with Crippen LogP contribution in [0.2, 0.25) is 0 Å². The average Bonchev–Trinajstić information content (AvgIpc) is 2.88. The molecule has 0 saturated heterocycles. The second-order valence-corrected chi connectivity index (χ2v) is 6.68. The molecule has 1 spiro atoms. The van der Waals surface area contributed by atoms with Crippen LogP contribution in [0.1, 0.15) is 55.6 Å². The first kappa shape index (κ1) is 14.0. The smallest absolute Gasteiger partial charge is 0.127 e. The Kier molecular flexibility index (Phi) is 3.57. The van der Waals surface area contributed by atoms with Gasteiger partial charge in [-0.2, -0.15) is 0 Å². The van der Waals surface area contributed by atoms with Crippen LogP contribution >= 0.6 is 0 Å². The van der Waals surface area contributed by atoms with Crippen molar-refractivity contribution in [2.75, 3.05) is 0 Å². The minimum atomic E-state index is -1.16. The highest BCUT2D eigenvalue weighted by Crippen LogP contribution is 2.53. The monoisotopic (exact) mass is 280 g/mol. The Morgan fingerprint density at radius 2 is 1.95 bits per heavy atom. The van der Waals surface area contributed by atoms with Crippen molar-refractivity contribution in [3.8, 4) is 0 Å². The second kappa shape index (κ2) is 5.10. The maximum Gasteiger partial charge on any atom is 0.127 e. The van der Waals surface area contributed by atoms with Gasteiger partial charge < -0.3 is 5.11 Å². The first-order valence-corrected chi connectivity index (χ1v) is 7.60. The Balaban J connectivity index is 1.88. The first-order chi connectivity index (χ1) is 9.52. The van der Waals surface area contributed by atoms with Gasteiger partial charge in [0.1, 0.15) is 12.0 Å². The fraction of sp³-hybridized carbons (Fsp3) is 0.647. The second-order valence-electron chi connectivity index (χ2n) is 6.68. The number of rotatable bonds is 1. The van der Waals surface area contributed by atoms with Crippen molar-refractivity contribution < 1.29 is 13.9 Å². The predicted octanol–water partition coefficient (Wildman–Crippen LogP) is 4.27. The molecule has 2 aliphatic rings. The van der Waals surface area contributed by atoms with Crippen LogP contribution in [-0.4, -0.2) is 17.4 Å². The number of hydrogen-bond acceptors (Lipinski definition) is 1. The van der Waals surface area contributed by atoms with E-state index in [2.05, 4.69) is 0 Å². The summed E-state index contributed by atoms with van der Waals surface area (Å²) in [6, 6.07) is 5.09. The van der Waals surface area contributed by atoms with Gasteiger partial charge in [0.15, 0.2) is 0 Å². The standard InChI is InChI=1S/C17H22F2O/c1-11-8-12(4-5-14(11)18)13-9-15(19)16(20)17(10-13)6-2-3-7-17/h4-5,8,13,15-16,20H,2-3,6-7,9-10H2,1H3/t13-,15-,16-/m0/s1. The van der Waals surface area contributed by atoms with Crippen molar-refractivity contribution in [3.63, 3.8) is 0 Å². The summed E-state index contributed by atoms with van der Waals surface area (Å²) in [6.07, 6.45) is 3.22. The van der Waals surface area contributed by atoms with Gasteiger partial charge in [-0.3, -0.25) is 0 Å². The lowest BCUT2D eigenvalue weighted by atomic mass is 9.64. The van der Waals surface area contributed by atoms with Gasteiger partial charge >= 0.3 is 0 Å². The zero-order valence-corrected chi connectivity index (χ0v) is 11.9. The van der Waals surface area contributed by atoms with Gasteiger partial charge in [-0.15, -0.1) is 0 Å². The molecule has 1 aromatic rings. The van der Waals surface area contributed by atoms with E-state index in [1.54, 1.807) is 13.0 Å². The van der Waals surface area contributed by atoms with E-state index in [0.29, 0.717) is 12.0 Å². The highest BCUT2D eigenvalue weighted by atomic mass is 19.1. The molecule has 1 N–H and O–H groups in total. The van der Waals surface area contributed by atoms with E-state index in [4.69, 9.17) is 0 Å². The molecular formula is C17H22F2O. The Morgan fingerprint density at radius 1 is 1.25 bits per heavy atom. The van der Waals surface area contributed by atoms with Gasteiger partial charge in [0.2, 0.25) is 0 Å². The lowest BCUT2D eigenvalue weighted by Crippen LogP contribution is -2.45. The predicted molar refractivity (Wildman–Crippen MR) is 74.9 cm³/mol. The molecule has 0 radical (unpaired) electrons. The molecule has 0 aromatic heterocycles. The molecule has 3 atom stereocenters. The SMILES string of the molecule is Cc1cc([C@H]2C[C@H](F)[C@H](O)C3(CCCC3)C2)ccc1F. The van der Waals surface area contributed by atoms with E-state index in [1.165, 1.54) is 6.07 Å². The van der Waals surface area contributed by atoms with Crippen molar-refractivity contribution in [1.82, 2.24) is 0 Å². The number of hydrogen-bond donors (Lipinski definition) is 1. The lowest BCUT2D eigenvalue weighted by Gasteiger charge is -2.44. The van der Waals surface area contributed by atoms with Crippen LogP contribution in [0.25, 0.3) is 0 Å². The van der Waals surface area contributed by atoms with Crippen LogP contribution < -0.4 is 0 Å². The van der Waals surface area contributed by atoms with Crippen molar-refractivity contribution in [2.45, 2.75) is 63.6 Å². The van der Waals surface area contributed by atoms with E-state index < -0.39 is 12.3 Å². The molecule has 1 aromatic carbocycles. The summed E-state index contributed by atoms with van der Waals surface area (Å²) in [5.74, 6) is -0.109. The Morgan fingerprint density at radius 3 is 2.60 bits per heavy atom. The molecule has 0 aliphatic heterocycles. The van der Waals surface area contributed by atoms with Gasteiger partial charge in [-0.1, -0.05) is 25.0 Å². The van der Waals surface area contributed by atoms with Crippen LogP contribution in [0.3, 0.4) is 0 Å². The zero-order chi connectivity index (χ0) is 14.3. The molecule has 2 aliphatic carbocycles. The summed E-state index contributed by atoms with van der Waals surface area (Å²) < 4.78 is 27.7. The fourth-order valence-electron chi connectivity index (χ4n) is 4.23. The lowest BCUT2D eigenvalue weighted by molar-refractivity contribution is -0.0684. The molecule has 0 heterocycles. The van der Waals surface area contributed by atoms with Crippen LogP contribution in [0, 0.1) is 18.2 Å². The number of aryl methyl sites for hydroxylation is 1. The normalized spacial score (nSPS) is 32.7. The number of alkyl halides is 1. The third kappa shape index (κ3) is 2.26. The molecule has 1 nitrogen and oxygen atoms in total. The van der Waals surface area contributed by atoms with Crippen molar-refractivity contribution in [1.29, 1.82) is 0 Å². The Bertz CT molecular complexity index is 494. The van der Waals surface area contributed by atoms with Crippen molar-refractivity contribution >= 4 is 0 Å². The van der Waals surface area contributed by atoms with Gasteiger partial charge in [0.25, 0.3) is 0 Å². The summed E-state index contributed by atoms with van der Waals surface area (Å²) in [4.78, 5) is 0. The van der Waals surface area contributed by atoms with Gasteiger partial charge in [-0.25, -0.2) is 8.78 Å². The van der Waals surface area contributed by atoms with Crippen LogP contribution in [0.4, 0.5) is 8.78 Å². The Hall–Kier alpha value is -0.960. The summed E-state index contributed by atoms with van der Waals surface area (Å²) >= 11 is 0. The van der Waals surface area contributed by atoms with Gasteiger partial charge in [-0.05, 0) is 61.1 Å². The Labute approximate surface area is 119 Å². The van der Waals surface area contributed by atoms with Crippen LogP contribution in [0.15, 0.2) is 18.2 Å². The van der Waals surface area contributed by atoms with Gasteiger partial charge in [0.05, 0.1) is 6.10 Å². The number of aliphatic hydroxyl groups excluding tert-OH is 1. The average molecular weight is 280 g/mol. The highest BCUT2D eigenvalue weighted by Gasteiger charge is 2.49.